The van der Waals surface area contributed by atoms with Crippen LogP contribution in [0.25, 0.3) is 0 Å². The molecule has 1 heterocycles. The van der Waals surface area contributed by atoms with Crippen LogP contribution in [0.4, 0.5) is 0 Å². The maximum absolute atomic E-state index is 5.61. The second-order valence-electron chi connectivity index (χ2n) is 4.17. The van der Waals surface area contributed by atoms with E-state index in [1.54, 1.807) is 7.11 Å². The third-order valence-corrected chi connectivity index (χ3v) is 3.09. The summed E-state index contributed by atoms with van der Waals surface area (Å²) in [6.07, 6.45) is 2.96. The summed E-state index contributed by atoms with van der Waals surface area (Å²) >= 11 is 0. The third-order valence-electron chi connectivity index (χ3n) is 3.09. The Bertz CT molecular complexity index is 384. The molecule has 1 aliphatic rings. The van der Waals surface area contributed by atoms with E-state index in [-0.39, 0.29) is 0 Å². The second kappa shape index (κ2) is 4.74. The zero-order valence-corrected chi connectivity index (χ0v) is 10.0. The molecule has 16 heavy (non-hydrogen) atoms. The van der Waals surface area contributed by atoms with Gasteiger partial charge in [-0.3, -0.25) is 0 Å². The molecule has 0 spiro atoms. The molecule has 0 saturated carbocycles. The molecule has 3 nitrogen and oxygen atoms in total. The van der Waals surface area contributed by atoms with Crippen molar-refractivity contribution in [1.82, 2.24) is 0 Å². The Balaban J connectivity index is 2.44. The van der Waals surface area contributed by atoms with Crippen molar-refractivity contribution in [1.29, 1.82) is 0 Å². The average Bonchev–Trinajstić information content (AvgIpc) is 2.72. The molecule has 1 aromatic rings. The van der Waals surface area contributed by atoms with E-state index >= 15 is 0 Å². The summed E-state index contributed by atoms with van der Waals surface area (Å²) in [5.41, 5.74) is 9.34. The zero-order chi connectivity index (χ0) is 11.5. The number of hydrogen-bond donors (Lipinski definition) is 1. The fourth-order valence-corrected chi connectivity index (χ4v) is 2.37. The first kappa shape index (κ1) is 11.3. The molecule has 0 amide bonds. The molecule has 88 valence electrons. The molecule has 0 atom stereocenters. The van der Waals surface area contributed by atoms with E-state index in [0.29, 0.717) is 6.54 Å². The Morgan fingerprint density at radius 2 is 2.31 bits per heavy atom. The Labute approximate surface area is 96.5 Å². The molecule has 0 saturated heterocycles. The molecule has 0 aromatic heterocycles. The summed E-state index contributed by atoms with van der Waals surface area (Å²) in [5, 5.41) is 0. The maximum atomic E-state index is 5.61. The van der Waals surface area contributed by atoms with Crippen LogP contribution in [0.2, 0.25) is 0 Å². The fourth-order valence-electron chi connectivity index (χ4n) is 2.37. The lowest BCUT2D eigenvalue weighted by atomic mass is 9.97. The number of methoxy groups -OCH3 is 1. The van der Waals surface area contributed by atoms with E-state index in [2.05, 4.69) is 13.0 Å². The second-order valence-corrected chi connectivity index (χ2v) is 4.17. The first-order chi connectivity index (χ1) is 7.77. The molecule has 0 fully saturated rings. The molecule has 2 rings (SSSR count). The standard InChI is InChI=1S/C13H19NO2/c1-9-8-12-10(5-7-16-12)11(4-3-6-14)13(9)15-2/h8H,3-7,14H2,1-2H3. The summed E-state index contributed by atoms with van der Waals surface area (Å²) in [5.74, 6) is 2.04. The molecule has 3 heteroatoms. The minimum Gasteiger partial charge on any atom is -0.496 e. The van der Waals surface area contributed by atoms with Gasteiger partial charge in [-0.2, -0.15) is 0 Å². The lowest BCUT2D eigenvalue weighted by molar-refractivity contribution is 0.356. The summed E-state index contributed by atoms with van der Waals surface area (Å²) in [7, 11) is 1.73. The van der Waals surface area contributed by atoms with Crippen molar-refractivity contribution in [3.05, 3.63) is 22.8 Å². The first-order valence-electron chi connectivity index (χ1n) is 5.80. The highest BCUT2D eigenvalue weighted by atomic mass is 16.5. The van der Waals surface area contributed by atoms with Crippen LogP contribution in [-0.2, 0) is 12.8 Å². The van der Waals surface area contributed by atoms with Gasteiger partial charge >= 0.3 is 0 Å². The normalized spacial score (nSPS) is 13.4. The summed E-state index contributed by atoms with van der Waals surface area (Å²) < 4.78 is 11.1. The number of nitrogens with two attached hydrogens (primary N) is 1. The topological polar surface area (TPSA) is 44.5 Å². The van der Waals surface area contributed by atoms with Gasteiger partial charge < -0.3 is 15.2 Å². The molecule has 0 unspecified atom stereocenters. The van der Waals surface area contributed by atoms with E-state index in [4.69, 9.17) is 15.2 Å². The summed E-state index contributed by atoms with van der Waals surface area (Å²) in [6, 6.07) is 2.08. The van der Waals surface area contributed by atoms with Gasteiger partial charge in [0.15, 0.2) is 0 Å². The van der Waals surface area contributed by atoms with Crippen LogP contribution in [0, 0.1) is 6.92 Å². The lowest BCUT2D eigenvalue weighted by Crippen LogP contribution is -2.04. The number of benzene rings is 1. The van der Waals surface area contributed by atoms with Crippen LogP contribution in [0.3, 0.4) is 0 Å². The van der Waals surface area contributed by atoms with Crippen molar-refractivity contribution in [2.45, 2.75) is 26.2 Å². The van der Waals surface area contributed by atoms with E-state index in [0.717, 1.165) is 42.9 Å². The van der Waals surface area contributed by atoms with Crippen LogP contribution in [-0.4, -0.2) is 20.3 Å². The Kier molecular flexibility index (Phi) is 3.34. The van der Waals surface area contributed by atoms with Gasteiger partial charge in [0.1, 0.15) is 11.5 Å². The fraction of sp³-hybridized carbons (Fsp3) is 0.538. The van der Waals surface area contributed by atoms with Crippen molar-refractivity contribution in [2.75, 3.05) is 20.3 Å². The van der Waals surface area contributed by atoms with Gasteiger partial charge in [0.2, 0.25) is 0 Å². The van der Waals surface area contributed by atoms with Crippen molar-refractivity contribution in [3.63, 3.8) is 0 Å². The van der Waals surface area contributed by atoms with Crippen molar-refractivity contribution < 1.29 is 9.47 Å². The van der Waals surface area contributed by atoms with Crippen molar-refractivity contribution in [3.8, 4) is 11.5 Å². The Morgan fingerprint density at radius 3 is 3.00 bits per heavy atom. The van der Waals surface area contributed by atoms with Gasteiger partial charge in [-0.1, -0.05) is 0 Å². The van der Waals surface area contributed by atoms with Crippen LogP contribution >= 0.6 is 0 Å². The van der Waals surface area contributed by atoms with Gasteiger partial charge in [0, 0.05) is 17.5 Å². The monoisotopic (exact) mass is 221 g/mol. The molecule has 0 aliphatic carbocycles. The number of hydrogen-bond acceptors (Lipinski definition) is 3. The van der Waals surface area contributed by atoms with E-state index in [9.17, 15) is 0 Å². The largest absolute Gasteiger partial charge is 0.496 e. The highest BCUT2D eigenvalue weighted by Gasteiger charge is 2.21. The summed E-state index contributed by atoms with van der Waals surface area (Å²) in [4.78, 5) is 0. The van der Waals surface area contributed by atoms with Gasteiger partial charge in [0.05, 0.1) is 13.7 Å². The van der Waals surface area contributed by atoms with Gasteiger partial charge in [-0.05, 0) is 37.9 Å². The molecule has 1 aliphatic heterocycles. The van der Waals surface area contributed by atoms with Crippen LogP contribution in [0.5, 0.6) is 11.5 Å². The average molecular weight is 221 g/mol. The molecular weight excluding hydrogens is 202 g/mol. The minimum absolute atomic E-state index is 0.715. The molecule has 0 bridgehead atoms. The van der Waals surface area contributed by atoms with E-state index in [1.165, 1.54) is 11.1 Å². The predicted octanol–water partition coefficient (Wildman–Crippen LogP) is 1.83. The number of ether oxygens (including phenoxy) is 2. The maximum Gasteiger partial charge on any atom is 0.125 e. The van der Waals surface area contributed by atoms with Gasteiger partial charge in [-0.25, -0.2) is 0 Å². The molecule has 0 radical (unpaired) electrons. The lowest BCUT2D eigenvalue weighted by Gasteiger charge is -2.15. The van der Waals surface area contributed by atoms with E-state index < -0.39 is 0 Å². The molecule has 1 aromatic carbocycles. The summed E-state index contributed by atoms with van der Waals surface area (Å²) in [6.45, 7) is 3.57. The Hall–Kier alpha value is -1.22. The van der Waals surface area contributed by atoms with Crippen LogP contribution < -0.4 is 15.2 Å². The SMILES string of the molecule is COc1c(C)cc2c(c1CCCN)CCO2. The molecule has 2 N–H and O–H groups in total. The number of fused-ring (bicyclic) bond motifs is 1. The highest BCUT2D eigenvalue weighted by Crippen LogP contribution is 2.37. The number of aryl methyl sites for hydroxylation is 1. The zero-order valence-electron chi connectivity index (χ0n) is 10.0. The predicted molar refractivity (Wildman–Crippen MR) is 64.3 cm³/mol. The highest BCUT2D eigenvalue weighted by molar-refractivity contribution is 5.54. The van der Waals surface area contributed by atoms with Gasteiger partial charge in [0.25, 0.3) is 0 Å². The Morgan fingerprint density at radius 1 is 1.50 bits per heavy atom. The van der Waals surface area contributed by atoms with Crippen LogP contribution in [0.1, 0.15) is 23.1 Å². The van der Waals surface area contributed by atoms with Crippen LogP contribution in [0.15, 0.2) is 6.07 Å². The third kappa shape index (κ3) is 1.87. The minimum atomic E-state index is 0.715. The van der Waals surface area contributed by atoms with Crippen molar-refractivity contribution in [2.24, 2.45) is 5.73 Å². The van der Waals surface area contributed by atoms with Gasteiger partial charge in [-0.15, -0.1) is 0 Å². The van der Waals surface area contributed by atoms with E-state index in [1.807, 2.05) is 0 Å². The first-order valence-corrected chi connectivity index (χ1v) is 5.80. The number of rotatable bonds is 4. The smallest absolute Gasteiger partial charge is 0.125 e. The van der Waals surface area contributed by atoms with Crippen molar-refractivity contribution >= 4 is 0 Å². The quantitative estimate of drug-likeness (QED) is 0.843. The molecular formula is C13H19NO2.